The molecule has 0 aromatic heterocycles. The fourth-order valence-corrected chi connectivity index (χ4v) is 1.95. The maximum absolute atomic E-state index is 12.1. The molecule has 1 unspecified atom stereocenters. The molecule has 1 rings (SSSR count). The van der Waals surface area contributed by atoms with E-state index in [1.807, 2.05) is 0 Å². The maximum atomic E-state index is 12.1. The number of hydrogen-bond acceptors (Lipinski definition) is 2. The number of hydrogen-bond donors (Lipinski definition) is 1. The van der Waals surface area contributed by atoms with Crippen LogP contribution in [0, 0.1) is 5.92 Å². The van der Waals surface area contributed by atoms with Gasteiger partial charge in [-0.2, -0.15) is 13.2 Å². The second kappa shape index (κ2) is 6.59. The molecule has 1 aliphatic rings. The second-order valence-corrected chi connectivity index (χ2v) is 5.03. The molecular formula is C12H23F3N2. The topological polar surface area (TPSA) is 15.3 Å². The van der Waals surface area contributed by atoms with Crippen LogP contribution < -0.4 is 5.32 Å². The van der Waals surface area contributed by atoms with E-state index in [1.54, 1.807) is 11.9 Å². The van der Waals surface area contributed by atoms with E-state index in [2.05, 4.69) is 12.2 Å². The van der Waals surface area contributed by atoms with Crippen molar-refractivity contribution in [2.24, 2.45) is 5.92 Å². The molecule has 102 valence electrons. The molecule has 0 aromatic carbocycles. The summed E-state index contributed by atoms with van der Waals surface area (Å²) in [6.07, 6.45) is -1.26. The van der Waals surface area contributed by atoms with Crippen molar-refractivity contribution in [1.29, 1.82) is 0 Å². The van der Waals surface area contributed by atoms with Gasteiger partial charge in [-0.15, -0.1) is 0 Å². The molecule has 17 heavy (non-hydrogen) atoms. The van der Waals surface area contributed by atoms with E-state index in [-0.39, 0.29) is 6.54 Å². The first-order valence-electron chi connectivity index (χ1n) is 6.41. The standard InChI is InChI=1S/C12H23F3N2/c1-3-7-16-11(10-4-5-10)9-17(2)8-6-12(13,14)15/h10-11,16H,3-9H2,1-2H3. The molecule has 1 aliphatic carbocycles. The summed E-state index contributed by atoms with van der Waals surface area (Å²) in [4.78, 5) is 1.79. The van der Waals surface area contributed by atoms with Crippen molar-refractivity contribution in [1.82, 2.24) is 10.2 Å². The molecule has 1 atom stereocenters. The first-order valence-corrected chi connectivity index (χ1v) is 6.41. The molecule has 1 fully saturated rings. The van der Waals surface area contributed by atoms with E-state index in [4.69, 9.17) is 0 Å². The Morgan fingerprint density at radius 1 is 1.35 bits per heavy atom. The van der Waals surface area contributed by atoms with Gasteiger partial charge in [0.15, 0.2) is 0 Å². The minimum atomic E-state index is -4.04. The monoisotopic (exact) mass is 252 g/mol. The molecule has 0 aromatic rings. The van der Waals surface area contributed by atoms with E-state index in [1.165, 1.54) is 12.8 Å². The van der Waals surface area contributed by atoms with Crippen LogP contribution in [-0.2, 0) is 0 Å². The highest BCUT2D eigenvalue weighted by Crippen LogP contribution is 2.33. The fourth-order valence-electron chi connectivity index (χ4n) is 1.95. The molecule has 1 saturated carbocycles. The number of halogens is 3. The van der Waals surface area contributed by atoms with Crippen molar-refractivity contribution < 1.29 is 13.2 Å². The average Bonchev–Trinajstić information content (AvgIpc) is 3.04. The van der Waals surface area contributed by atoms with Gasteiger partial charge in [0.05, 0.1) is 6.42 Å². The van der Waals surface area contributed by atoms with Crippen LogP contribution in [0.25, 0.3) is 0 Å². The third kappa shape index (κ3) is 6.88. The number of rotatable bonds is 8. The Morgan fingerprint density at radius 3 is 2.47 bits per heavy atom. The van der Waals surface area contributed by atoms with Crippen molar-refractivity contribution in [3.63, 3.8) is 0 Å². The molecule has 0 radical (unpaired) electrons. The normalized spacial score (nSPS) is 18.7. The van der Waals surface area contributed by atoms with Gasteiger partial charge in [0, 0.05) is 19.1 Å². The summed E-state index contributed by atoms with van der Waals surface area (Å²) in [5, 5.41) is 3.44. The highest BCUT2D eigenvalue weighted by molar-refractivity contribution is 4.88. The summed E-state index contributed by atoms with van der Waals surface area (Å²) in [6, 6.07) is 0.369. The molecule has 0 amide bonds. The van der Waals surface area contributed by atoms with Crippen LogP contribution >= 0.6 is 0 Å². The fraction of sp³-hybridized carbons (Fsp3) is 1.00. The molecule has 0 saturated heterocycles. The molecule has 1 N–H and O–H groups in total. The summed E-state index contributed by atoms with van der Waals surface area (Å²) < 4.78 is 36.3. The summed E-state index contributed by atoms with van der Waals surface area (Å²) in [7, 11) is 1.77. The first kappa shape index (κ1) is 14.8. The third-order valence-corrected chi connectivity index (χ3v) is 3.13. The number of nitrogens with one attached hydrogen (secondary N) is 1. The minimum Gasteiger partial charge on any atom is -0.312 e. The summed E-state index contributed by atoms with van der Waals surface area (Å²) >= 11 is 0. The van der Waals surface area contributed by atoms with Crippen LogP contribution in [0.2, 0.25) is 0 Å². The number of nitrogens with zero attached hydrogens (tertiary/aromatic N) is 1. The van der Waals surface area contributed by atoms with Crippen molar-refractivity contribution in [2.45, 2.75) is 44.8 Å². The lowest BCUT2D eigenvalue weighted by molar-refractivity contribution is -0.137. The molecule has 2 nitrogen and oxygen atoms in total. The quantitative estimate of drug-likeness (QED) is 0.714. The largest absolute Gasteiger partial charge is 0.390 e. The van der Waals surface area contributed by atoms with Gasteiger partial charge in [-0.25, -0.2) is 0 Å². The molecule has 0 spiro atoms. The smallest absolute Gasteiger partial charge is 0.312 e. The van der Waals surface area contributed by atoms with Gasteiger partial charge in [0.1, 0.15) is 0 Å². The lowest BCUT2D eigenvalue weighted by Gasteiger charge is -2.25. The molecular weight excluding hydrogens is 229 g/mol. The van der Waals surface area contributed by atoms with Crippen LogP contribution in [0.5, 0.6) is 0 Å². The highest BCUT2D eigenvalue weighted by atomic mass is 19.4. The summed E-state index contributed by atoms with van der Waals surface area (Å²) in [6.45, 7) is 3.87. The molecule has 5 heteroatoms. The van der Waals surface area contributed by atoms with E-state index >= 15 is 0 Å². The van der Waals surface area contributed by atoms with E-state index in [0.29, 0.717) is 12.0 Å². The van der Waals surface area contributed by atoms with Crippen molar-refractivity contribution in [3.05, 3.63) is 0 Å². The Kier molecular flexibility index (Phi) is 5.73. The van der Waals surface area contributed by atoms with Gasteiger partial charge in [0.2, 0.25) is 0 Å². The molecule has 0 aliphatic heterocycles. The van der Waals surface area contributed by atoms with Crippen LogP contribution in [-0.4, -0.2) is 43.8 Å². The van der Waals surface area contributed by atoms with Crippen molar-refractivity contribution in [2.75, 3.05) is 26.7 Å². The first-order chi connectivity index (χ1) is 7.92. The zero-order valence-corrected chi connectivity index (χ0v) is 10.7. The van der Waals surface area contributed by atoms with Gasteiger partial charge in [0.25, 0.3) is 0 Å². The van der Waals surface area contributed by atoms with E-state index in [9.17, 15) is 13.2 Å². The number of likely N-dealkylation sites (N-methyl/N-ethyl adjacent to an activating group) is 1. The lowest BCUT2D eigenvalue weighted by Crippen LogP contribution is -2.42. The Morgan fingerprint density at radius 2 is 2.00 bits per heavy atom. The van der Waals surface area contributed by atoms with Gasteiger partial charge < -0.3 is 10.2 Å². The second-order valence-electron chi connectivity index (χ2n) is 5.03. The molecule has 0 heterocycles. The lowest BCUT2D eigenvalue weighted by atomic mass is 10.1. The van der Waals surface area contributed by atoms with E-state index in [0.717, 1.165) is 19.5 Å². The van der Waals surface area contributed by atoms with Gasteiger partial charge >= 0.3 is 6.18 Å². The summed E-state index contributed by atoms with van der Waals surface area (Å²) in [5.41, 5.74) is 0. The van der Waals surface area contributed by atoms with Gasteiger partial charge in [-0.3, -0.25) is 0 Å². The molecule has 0 bridgehead atoms. The Balaban J connectivity index is 2.23. The summed E-state index contributed by atoms with van der Waals surface area (Å²) in [5.74, 6) is 0.676. The van der Waals surface area contributed by atoms with Gasteiger partial charge in [-0.1, -0.05) is 6.92 Å². The SMILES string of the molecule is CCCNC(CN(C)CCC(F)(F)F)C1CC1. The maximum Gasteiger partial charge on any atom is 0.390 e. The zero-order chi connectivity index (χ0) is 12.9. The van der Waals surface area contributed by atoms with Crippen LogP contribution in [0.4, 0.5) is 13.2 Å². The predicted molar refractivity (Wildman–Crippen MR) is 63.0 cm³/mol. The highest BCUT2D eigenvalue weighted by Gasteiger charge is 2.32. The van der Waals surface area contributed by atoms with Crippen LogP contribution in [0.3, 0.4) is 0 Å². The minimum absolute atomic E-state index is 0.0977. The van der Waals surface area contributed by atoms with Crippen LogP contribution in [0.1, 0.15) is 32.6 Å². The third-order valence-electron chi connectivity index (χ3n) is 3.13. The number of alkyl halides is 3. The van der Waals surface area contributed by atoms with Crippen molar-refractivity contribution >= 4 is 0 Å². The van der Waals surface area contributed by atoms with Crippen LogP contribution in [0.15, 0.2) is 0 Å². The Labute approximate surface area is 102 Å². The zero-order valence-electron chi connectivity index (χ0n) is 10.7. The average molecular weight is 252 g/mol. The Hall–Kier alpha value is -0.290. The Bertz CT molecular complexity index is 214. The van der Waals surface area contributed by atoms with Crippen molar-refractivity contribution in [3.8, 4) is 0 Å². The van der Waals surface area contributed by atoms with E-state index < -0.39 is 12.6 Å². The van der Waals surface area contributed by atoms with Gasteiger partial charge in [-0.05, 0) is 38.8 Å². The predicted octanol–water partition coefficient (Wildman–Crippen LogP) is 2.65.